The molecule has 1 aliphatic heterocycles. The Labute approximate surface area is 116 Å². The Kier molecular flexibility index (Phi) is 5.23. The standard InChI is InChI=1S/C16H26N2O/c1-13-8-17-9-14(2)11-18(10-13)12-15-5-4-6-16(7-15)19-3/h4-7,13-14,17H,8-12H2,1-3H3. The summed E-state index contributed by atoms with van der Waals surface area (Å²) < 4.78 is 5.30. The van der Waals surface area contributed by atoms with E-state index in [0.29, 0.717) is 11.8 Å². The van der Waals surface area contributed by atoms with E-state index in [2.05, 4.69) is 42.3 Å². The highest BCUT2D eigenvalue weighted by molar-refractivity contribution is 5.28. The van der Waals surface area contributed by atoms with Crippen molar-refractivity contribution in [1.82, 2.24) is 10.2 Å². The summed E-state index contributed by atoms with van der Waals surface area (Å²) >= 11 is 0. The number of methoxy groups -OCH3 is 1. The molecule has 0 aliphatic carbocycles. The molecule has 1 heterocycles. The van der Waals surface area contributed by atoms with Crippen molar-refractivity contribution in [2.75, 3.05) is 33.3 Å². The van der Waals surface area contributed by atoms with Crippen molar-refractivity contribution < 1.29 is 4.74 Å². The summed E-state index contributed by atoms with van der Waals surface area (Å²) in [6.45, 7) is 10.2. The van der Waals surface area contributed by atoms with Crippen LogP contribution in [0.5, 0.6) is 5.75 Å². The number of hydrogen-bond acceptors (Lipinski definition) is 3. The van der Waals surface area contributed by atoms with E-state index in [1.54, 1.807) is 7.11 Å². The van der Waals surface area contributed by atoms with Gasteiger partial charge in [0, 0.05) is 19.6 Å². The molecule has 0 spiro atoms. The maximum Gasteiger partial charge on any atom is 0.119 e. The number of hydrogen-bond donors (Lipinski definition) is 1. The predicted molar refractivity (Wildman–Crippen MR) is 79.5 cm³/mol. The van der Waals surface area contributed by atoms with Gasteiger partial charge in [0.1, 0.15) is 5.75 Å². The molecule has 1 saturated heterocycles. The Morgan fingerprint density at radius 2 is 1.89 bits per heavy atom. The molecule has 1 aromatic rings. The molecule has 2 unspecified atom stereocenters. The normalized spacial score (nSPS) is 25.6. The molecule has 0 bridgehead atoms. The molecule has 3 heteroatoms. The third-order valence-electron chi connectivity index (χ3n) is 3.67. The van der Waals surface area contributed by atoms with Crippen LogP contribution in [-0.2, 0) is 6.54 Å². The van der Waals surface area contributed by atoms with E-state index >= 15 is 0 Å². The van der Waals surface area contributed by atoms with Crippen molar-refractivity contribution in [3.05, 3.63) is 29.8 Å². The van der Waals surface area contributed by atoms with E-state index in [4.69, 9.17) is 4.74 Å². The molecule has 106 valence electrons. The van der Waals surface area contributed by atoms with E-state index in [1.807, 2.05) is 6.07 Å². The molecule has 3 nitrogen and oxygen atoms in total. The van der Waals surface area contributed by atoms with Crippen molar-refractivity contribution in [3.63, 3.8) is 0 Å². The average Bonchev–Trinajstić information content (AvgIpc) is 2.37. The van der Waals surface area contributed by atoms with Crippen LogP contribution < -0.4 is 10.1 Å². The summed E-state index contributed by atoms with van der Waals surface area (Å²) in [6.07, 6.45) is 0. The number of ether oxygens (including phenoxy) is 1. The highest BCUT2D eigenvalue weighted by Crippen LogP contribution is 2.16. The van der Waals surface area contributed by atoms with Gasteiger partial charge in [-0.05, 0) is 42.6 Å². The van der Waals surface area contributed by atoms with Gasteiger partial charge < -0.3 is 10.1 Å². The Hall–Kier alpha value is -1.06. The van der Waals surface area contributed by atoms with Gasteiger partial charge in [-0.1, -0.05) is 26.0 Å². The van der Waals surface area contributed by atoms with Crippen molar-refractivity contribution in [1.29, 1.82) is 0 Å². The number of nitrogens with zero attached hydrogens (tertiary/aromatic N) is 1. The molecule has 1 N–H and O–H groups in total. The van der Waals surface area contributed by atoms with Crippen LogP contribution in [0, 0.1) is 11.8 Å². The molecule has 0 saturated carbocycles. The fourth-order valence-corrected chi connectivity index (χ4v) is 2.82. The van der Waals surface area contributed by atoms with Crippen LogP contribution in [0.15, 0.2) is 24.3 Å². The minimum atomic E-state index is 0.707. The minimum absolute atomic E-state index is 0.707. The van der Waals surface area contributed by atoms with E-state index < -0.39 is 0 Å². The molecular weight excluding hydrogens is 236 g/mol. The summed E-state index contributed by atoms with van der Waals surface area (Å²) in [5.41, 5.74) is 1.34. The quantitative estimate of drug-likeness (QED) is 0.905. The summed E-state index contributed by atoms with van der Waals surface area (Å²) in [5.74, 6) is 2.36. The van der Waals surface area contributed by atoms with Gasteiger partial charge in [-0.25, -0.2) is 0 Å². The Balaban J connectivity index is 2.01. The maximum atomic E-state index is 5.30. The topological polar surface area (TPSA) is 24.5 Å². The first-order chi connectivity index (χ1) is 9.17. The van der Waals surface area contributed by atoms with E-state index in [9.17, 15) is 0 Å². The van der Waals surface area contributed by atoms with Gasteiger partial charge in [-0.15, -0.1) is 0 Å². The highest BCUT2D eigenvalue weighted by atomic mass is 16.5. The zero-order chi connectivity index (χ0) is 13.7. The Morgan fingerprint density at radius 3 is 2.53 bits per heavy atom. The molecular formula is C16H26N2O. The SMILES string of the molecule is COc1cccc(CN2CC(C)CNCC(C)C2)c1. The van der Waals surface area contributed by atoms with Crippen LogP contribution in [0.3, 0.4) is 0 Å². The Bertz CT molecular complexity index is 382. The monoisotopic (exact) mass is 262 g/mol. The van der Waals surface area contributed by atoms with Crippen LogP contribution in [0.25, 0.3) is 0 Å². The van der Waals surface area contributed by atoms with Gasteiger partial charge in [0.2, 0.25) is 0 Å². The van der Waals surface area contributed by atoms with Gasteiger partial charge in [0.25, 0.3) is 0 Å². The summed E-state index contributed by atoms with van der Waals surface area (Å²) in [5, 5.41) is 3.54. The lowest BCUT2D eigenvalue weighted by Crippen LogP contribution is -2.42. The second-order valence-electron chi connectivity index (χ2n) is 5.91. The van der Waals surface area contributed by atoms with Crippen molar-refractivity contribution in [2.24, 2.45) is 11.8 Å². The second kappa shape index (κ2) is 6.92. The van der Waals surface area contributed by atoms with Gasteiger partial charge in [-0.3, -0.25) is 4.90 Å². The van der Waals surface area contributed by atoms with Crippen LogP contribution in [0.1, 0.15) is 19.4 Å². The van der Waals surface area contributed by atoms with Gasteiger partial charge in [0.05, 0.1) is 7.11 Å². The largest absolute Gasteiger partial charge is 0.497 e. The smallest absolute Gasteiger partial charge is 0.119 e. The van der Waals surface area contributed by atoms with E-state index in [0.717, 1.165) is 38.5 Å². The first-order valence-corrected chi connectivity index (χ1v) is 7.23. The molecule has 2 rings (SSSR count). The first-order valence-electron chi connectivity index (χ1n) is 7.23. The Morgan fingerprint density at radius 1 is 1.21 bits per heavy atom. The number of nitrogens with one attached hydrogen (secondary N) is 1. The summed E-state index contributed by atoms with van der Waals surface area (Å²) in [4.78, 5) is 2.57. The zero-order valence-electron chi connectivity index (χ0n) is 12.4. The van der Waals surface area contributed by atoms with Crippen LogP contribution >= 0.6 is 0 Å². The highest BCUT2D eigenvalue weighted by Gasteiger charge is 2.17. The van der Waals surface area contributed by atoms with Crippen LogP contribution in [-0.4, -0.2) is 38.2 Å². The third kappa shape index (κ3) is 4.51. The van der Waals surface area contributed by atoms with Crippen molar-refractivity contribution >= 4 is 0 Å². The molecule has 0 aromatic heterocycles. The lowest BCUT2D eigenvalue weighted by atomic mass is 10.0. The molecule has 1 aromatic carbocycles. The first kappa shape index (κ1) is 14.4. The summed E-state index contributed by atoms with van der Waals surface area (Å²) in [7, 11) is 1.73. The minimum Gasteiger partial charge on any atom is -0.497 e. The lowest BCUT2D eigenvalue weighted by molar-refractivity contribution is 0.178. The fraction of sp³-hybridized carbons (Fsp3) is 0.625. The molecule has 2 atom stereocenters. The van der Waals surface area contributed by atoms with Crippen molar-refractivity contribution in [2.45, 2.75) is 20.4 Å². The van der Waals surface area contributed by atoms with Crippen LogP contribution in [0.2, 0.25) is 0 Å². The lowest BCUT2D eigenvalue weighted by Gasteiger charge is -2.31. The van der Waals surface area contributed by atoms with E-state index in [-0.39, 0.29) is 0 Å². The number of rotatable bonds is 3. The predicted octanol–water partition coefficient (Wildman–Crippen LogP) is 2.37. The second-order valence-corrected chi connectivity index (χ2v) is 5.91. The molecule has 1 fully saturated rings. The van der Waals surface area contributed by atoms with Gasteiger partial charge >= 0.3 is 0 Å². The number of benzene rings is 1. The van der Waals surface area contributed by atoms with Crippen LogP contribution in [0.4, 0.5) is 0 Å². The van der Waals surface area contributed by atoms with E-state index in [1.165, 1.54) is 5.56 Å². The fourth-order valence-electron chi connectivity index (χ4n) is 2.82. The maximum absolute atomic E-state index is 5.30. The molecule has 0 radical (unpaired) electrons. The molecule has 19 heavy (non-hydrogen) atoms. The third-order valence-corrected chi connectivity index (χ3v) is 3.67. The average molecular weight is 262 g/mol. The van der Waals surface area contributed by atoms with Gasteiger partial charge in [0.15, 0.2) is 0 Å². The van der Waals surface area contributed by atoms with Crippen molar-refractivity contribution in [3.8, 4) is 5.75 Å². The van der Waals surface area contributed by atoms with Gasteiger partial charge in [-0.2, -0.15) is 0 Å². The molecule has 1 aliphatic rings. The summed E-state index contributed by atoms with van der Waals surface area (Å²) in [6, 6.07) is 8.42. The molecule has 0 amide bonds. The zero-order valence-corrected chi connectivity index (χ0v) is 12.4.